The predicted molar refractivity (Wildman–Crippen MR) is 104 cm³/mol. The van der Waals surface area contributed by atoms with Gasteiger partial charge in [0, 0.05) is 11.7 Å². The first kappa shape index (κ1) is 18.5. The third-order valence-electron chi connectivity index (χ3n) is 5.13. The van der Waals surface area contributed by atoms with Crippen molar-refractivity contribution in [3.8, 4) is 12.1 Å². The Kier molecular flexibility index (Phi) is 5.74. The van der Waals surface area contributed by atoms with E-state index in [-0.39, 0.29) is 18.1 Å². The topological polar surface area (TPSA) is 79.9 Å². The van der Waals surface area contributed by atoms with Crippen LogP contribution in [-0.2, 0) is 0 Å². The second-order valence-corrected chi connectivity index (χ2v) is 6.88. The zero-order valence-electron chi connectivity index (χ0n) is 15.4. The van der Waals surface area contributed by atoms with Gasteiger partial charge < -0.3 is 10.2 Å². The number of nitriles is 2. The Labute approximate surface area is 159 Å². The Morgan fingerprint density at radius 2 is 1.74 bits per heavy atom. The molecular weight excluding hydrogens is 336 g/mol. The van der Waals surface area contributed by atoms with Crippen molar-refractivity contribution in [2.45, 2.75) is 44.7 Å². The number of urea groups is 1. The molecule has 136 valence electrons. The molecule has 0 heterocycles. The molecule has 1 N–H and O–H groups in total. The van der Waals surface area contributed by atoms with E-state index in [1.54, 1.807) is 30.3 Å². The third kappa shape index (κ3) is 4.27. The third-order valence-corrected chi connectivity index (χ3v) is 5.13. The number of benzene rings is 2. The molecule has 0 aromatic heterocycles. The van der Waals surface area contributed by atoms with Crippen LogP contribution in [0.1, 0.15) is 55.3 Å². The molecule has 5 heteroatoms. The normalized spacial score (nSPS) is 14.8. The van der Waals surface area contributed by atoms with Crippen LogP contribution >= 0.6 is 0 Å². The number of nitrogens with one attached hydrogen (secondary N) is 1. The maximum absolute atomic E-state index is 13.1. The molecule has 2 amide bonds. The van der Waals surface area contributed by atoms with Crippen molar-refractivity contribution in [3.63, 3.8) is 0 Å². The second kappa shape index (κ2) is 8.38. The van der Waals surface area contributed by atoms with Crippen LogP contribution in [0.25, 0.3) is 0 Å². The van der Waals surface area contributed by atoms with Gasteiger partial charge in [-0.1, -0.05) is 25.0 Å². The highest BCUT2D eigenvalue weighted by Crippen LogP contribution is 2.32. The summed E-state index contributed by atoms with van der Waals surface area (Å²) < 4.78 is 0. The molecule has 0 saturated heterocycles. The van der Waals surface area contributed by atoms with Crippen LogP contribution in [-0.4, -0.2) is 17.0 Å². The molecule has 1 unspecified atom stereocenters. The van der Waals surface area contributed by atoms with Gasteiger partial charge in [-0.15, -0.1) is 0 Å². The molecule has 3 rings (SSSR count). The van der Waals surface area contributed by atoms with Crippen LogP contribution in [0.15, 0.2) is 48.5 Å². The van der Waals surface area contributed by atoms with Crippen molar-refractivity contribution in [3.05, 3.63) is 65.2 Å². The molecule has 2 aromatic carbocycles. The average Bonchev–Trinajstić information content (AvgIpc) is 3.23. The van der Waals surface area contributed by atoms with Crippen molar-refractivity contribution in [1.29, 1.82) is 10.5 Å². The molecule has 27 heavy (non-hydrogen) atoms. The Bertz CT molecular complexity index is 886. The molecule has 2 aromatic rings. The molecular formula is C22H22N4O. The fourth-order valence-electron chi connectivity index (χ4n) is 3.69. The van der Waals surface area contributed by atoms with Crippen LogP contribution < -0.4 is 5.32 Å². The summed E-state index contributed by atoms with van der Waals surface area (Å²) in [5.41, 5.74) is 2.77. The minimum atomic E-state index is -0.151. The van der Waals surface area contributed by atoms with Crippen molar-refractivity contribution in [2.75, 3.05) is 5.32 Å². The van der Waals surface area contributed by atoms with Gasteiger partial charge in [-0.2, -0.15) is 10.5 Å². The van der Waals surface area contributed by atoms with Crippen LogP contribution in [0.3, 0.4) is 0 Å². The van der Waals surface area contributed by atoms with E-state index in [1.807, 2.05) is 30.0 Å². The SMILES string of the molecule is CC(c1cccc(C#N)c1)N(C(=O)Nc1ccc(C#N)cc1)C1CCCC1. The number of nitrogens with zero attached hydrogens (tertiary/aromatic N) is 3. The Balaban J connectivity index is 1.84. The summed E-state index contributed by atoms with van der Waals surface area (Å²) in [6.07, 6.45) is 4.22. The molecule has 1 saturated carbocycles. The van der Waals surface area contributed by atoms with E-state index in [4.69, 9.17) is 5.26 Å². The summed E-state index contributed by atoms with van der Waals surface area (Å²) >= 11 is 0. The van der Waals surface area contributed by atoms with Crippen LogP contribution in [0.2, 0.25) is 0 Å². The van der Waals surface area contributed by atoms with Gasteiger partial charge in [0.25, 0.3) is 0 Å². The van der Waals surface area contributed by atoms with Gasteiger partial charge in [0.15, 0.2) is 0 Å². The molecule has 5 nitrogen and oxygen atoms in total. The summed E-state index contributed by atoms with van der Waals surface area (Å²) in [6.45, 7) is 2.01. The van der Waals surface area contributed by atoms with E-state index < -0.39 is 0 Å². The maximum Gasteiger partial charge on any atom is 0.322 e. The highest BCUT2D eigenvalue weighted by atomic mass is 16.2. The van der Waals surface area contributed by atoms with Crippen LogP contribution in [0.4, 0.5) is 10.5 Å². The lowest BCUT2D eigenvalue weighted by Gasteiger charge is -2.35. The number of amides is 2. The number of rotatable bonds is 4. The molecule has 1 aliphatic carbocycles. The van der Waals surface area contributed by atoms with E-state index in [0.717, 1.165) is 31.2 Å². The highest BCUT2D eigenvalue weighted by molar-refractivity contribution is 5.90. The van der Waals surface area contributed by atoms with Gasteiger partial charge in [0.2, 0.25) is 0 Å². The lowest BCUT2D eigenvalue weighted by molar-refractivity contribution is 0.162. The molecule has 1 atom stereocenters. The lowest BCUT2D eigenvalue weighted by atomic mass is 10.0. The summed E-state index contributed by atoms with van der Waals surface area (Å²) in [6, 6.07) is 18.4. The lowest BCUT2D eigenvalue weighted by Crippen LogP contribution is -2.43. The molecule has 0 aliphatic heterocycles. The van der Waals surface area contributed by atoms with Crippen molar-refractivity contribution < 1.29 is 4.79 Å². The Hall–Kier alpha value is -3.31. The standard InChI is InChI=1S/C22H22N4O/c1-16(19-6-4-5-18(13-19)15-24)26(21-7-2-3-8-21)22(27)25-20-11-9-17(14-23)10-12-20/h4-6,9-13,16,21H,2-3,7-8H2,1H3,(H,25,27). The smallest absolute Gasteiger partial charge is 0.315 e. The molecule has 0 radical (unpaired) electrons. The molecule has 0 spiro atoms. The minimum absolute atomic E-state index is 0.139. The number of hydrogen-bond acceptors (Lipinski definition) is 3. The average molecular weight is 358 g/mol. The highest BCUT2D eigenvalue weighted by Gasteiger charge is 2.31. The quantitative estimate of drug-likeness (QED) is 0.838. The van der Waals surface area contributed by atoms with Gasteiger partial charge in [0.1, 0.15) is 0 Å². The first-order valence-electron chi connectivity index (χ1n) is 9.22. The number of hydrogen-bond donors (Lipinski definition) is 1. The van der Waals surface area contributed by atoms with E-state index in [2.05, 4.69) is 17.5 Å². The monoisotopic (exact) mass is 358 g/mol. The van der Waals surface area contributed by atoms with Gasteiger partial charge >= 0.3 is 6.03 Å². The number of carbonyl (C=O) groups is 1. The van der Waals surface area contributed by atoms with Crippen molar-refractivity contribution in [2.24, 2.45) is 0 Å². The Morgan fingerprint density at radius 1 is 1.07 bits per heavy atom. The van der Waals surface area contributed by atoms with Crippen molar-refractivity contribution >= 4 is 11.7 Å². The number of carbonyl (C=O) groups excluding carboxylic acids is 1. The Morgan fingerprint density at radius 3 is 2.37 bits per heavy atom. The fraction of sp³-hybridized carbons (Fsp3) is 0.318. The maximum atomic E-state index is 13.1. The van der Waals surface area contributed by atoms with Crippen LogP contribution in [0.5, 0.6) is 0 Å². The number of anilines is 1. The van der Waals surface area contributed by atoms with Crippen LogP contribution in [0, 0.1) is 22.7 Å². The molecule has 0 bridgehead atoms. The minimum Gasteiger partial charge on any atom is -0.315 e. The zero-order valence-corrected chi connectivity index (χ0v) is 15.4. The fourth-order valence-corrected chi connectivity index (χ4v) is 3.69. The first-order chi connectivity index (χ1) is 13.1. The summed E-state index contributed by atoms with van der Waals surface area (Å²) in [4.78, 5) is 15.0. The molecule has 1 aliphatic rings. The van der Waals surface area contributed by atoms with E-state index in [9.17, 15) is 10.1 Å². The van der Waals surface area contributed by atoms with E-state index in [1.165, 1.54) is 0 Å². The molecule has 1 fully saturated rings. The van der Waals surface area contributed by atoms with Gasteiger partial charge in [-0.25, -0.2) is 4.79 Å². The van der Waals surface area contributed by atoms with Gasteiger partial charge in [-0.3, -0.25) is 0 Å². The van der Waals surface area contributed by atoms with Crippen molar-refractivity contribution in [1.82, 2.24) is 4.90 Å². The summed E-state index contributed by atoms with van der Waals surface area (Å²) in [7, 11) is 0. The zero-order chi connectivity index (χ0) is 19.2. The second-order valence-electron chi connectivity index (χ2n) is 6.88. The first-order valence-corrected chi connectivity index (χ1v) is 9.22. The summed E-state index contributed by atoms with van der Waals surface area (Å²) in [5, 5.41) is 21.1. The van der Waals surface area contributed by atoms with E-state index in [0.29, 0.717) is 16.8 Å². The van der Waals surface area contributed by atoms with Gasteiger partial charge in [-0.05, 0) is 61.7 Å². The largest absolute Gasteiger partial charge is 0.322 e. The van der Waals surface area contributed by atoms with E-state index >= 15 is 0 Å². The van der Waals surface area contributed by atoms with Gasteiger partial charge in [0.05, 0.1) is 29.3 Å². The predicted octanol–water partition coefficient (Wildman–Crippen LogP) is 4.97. The summed E-state index contributed by atoms with van der Waals surface area (Å²) in [5.74, 6) is 0.